The molecule has 2 heterocycles. The molecule has 70 valence electrons. The first-order chi connectivity index (χ1) is 6.79. The number of carbonyl (C=O) groups excluding carboxylic acids is 1. The van der Waals surface area contributed by atoms with E-state index in [1.807, 2.05) is 13.0 Å². The third kappa shape index (κ3) is 1.57. The Morgan fingerprint density at radius 3 is 2.86 bits per heavy atom. The summed E-state index contributed by atoms with van der Waals surface area (Å²) in [6.07, 6.45) is 4.17. The number of hydrogen-bond donors (Lipinski definition) is 0. The van der Waals surface area contributed by atoms with Gasteiger partial charge in [-0.25, -0.2) is 0 Å². The molecule has 0 atom stereocenters. The Hall–Kier alpha value is -1.90. The van der Waals surface area contributed by atoms with Crippen LogP contribution in [0.4, 0.5) is 0 Å². The predicted octanol–water partition coefficient (Wildman–Crippen LogP) is 2.46. The second-order valence-corrected chi connectivity index (χ2v) is 3.07. The van der Waals surface area contributed by atoms with Crippen molar-refractivity contribution in [2.24, 2.45) is 0 Å². The summed E-state index contributed by atoms with van der Waals surface area (Å²) < 4.78 is 5.27. The predicted molar refractivity (Wildman–Crippen MR) is 52.1 cm³/mol. The minimum Gasteiger partial charge on any atom is -0.453 e. The fraction of sp³-hybridized carbons (Fsp3) is 0.0909. The quantitative estimate of drug-likeness (QED) is 0.678. The van der Waals surface area contributed by atoms with Crippen LogP contribution in [-0.2, 0) is 0 Å². The zero-order valence-electron chi connectivity index (χ0n) is 7.73. The summed E-state index contributed by atoms with van der Waals surface area (Å²) in [6, 6.07) is 5.37. The van der Waals surface area contributed by atoms with Gasteiger partial charge in [0.2, 0.25) is 0 Å². The van der Waals surface area contributed by atoms with E-state index in [1.54, 1.807) is 24.5 Å². The summed E-state index contributed by atoms with van der Waals surface area (Å²) in [4.78, 5) is 14.5. The van der Waals surface area contributed by atoms with Crippen molar-refractivity contribution in [2.45, 2.75) is 6.92 Å². The normalized spacial score (nSPS) is 10.1. The van der Waals surface area contributed by atoms with Crippen LogP contribution in [0.2, 0.25) is 0 Å². The van der Waals surface area contributed by atoms with Gasteiger partial charge in [-0.2, -0.15) is 0 Å². The van der Waals surface area contributed by atoms with Crippen molar-refractivity contribution in [3.8, 4) is 11.3 Å². The van der Waals surface area contributed by atoms with Gasteiger partial charge in [-0.05, 0) is 30.7 Å². The number of rotatable bonds is 2. The fourth-order valence-electron chi connectivity index (χ4n) is 1.26. The molecule has 14 heavy (non-hydrogen) atoms. The van der Waals surface area contributed by atoms with Crippen molar-refractivity contribution in [2.75, 3.05) is 0 Å². The van der Waals surface area contributed by atoms with Gasteiger partial charge in [0.25, 0.3) is 0 Å². The lowest BCUT2D eigenvalue weighted by atomic mass is 10.2. The maximum absolute atomic E-state index is 10.4. The Morgan fingerprint density at radius 2 is 2.21 bits per heavy atom. The van der Waals surface area contributed by atoms with Crippen LogP contribution in [0.1, 0.15) is 16.1 Å². The fourth-order valence-corrected chi connectivity index (χ4v) is 1.26. The lowest BCUT2D eigenvalue weighted by molar-refractivity contribution is 0.110. The lowest BCUT2D eigenvalue weighted by Gasteiger charge is -1.96. The van der Waals surface area contributed by atoms with Gasteiger partial charge in [0.05, 0.1) is 0 Å². The van der Waals surface area contributed by atoms with Gasteiger partial charge in [-0.3, -0.25) is 9.78 Å². The smallest absolute Gasteiger partial charge is 0.185 e. The van der Waals surface area contributed by atoms with Crippen LogP contribution in [0.5, 0.6) is 0 Å². The number of aromatic nitrogens is 1. The van der Waals surface area contributed by atoms with Gasteiger partial charge >= 0.3 is 0 Å². The first-order valence-electron chi connectivity index (χ1n) is 4.26. The average molecular weight is 187 g/mol. The van der Waals surface area contributed by atoms with E-state index in [0.29, 0.717) is 17.8 Å². The summed E-state index contributed by atoms with van der Waals surface area (Å²) in [5.74, 6) is 1.00. The second kappa shape index (κ2) is 3.46. The Balaban J connectivity index is 2.43. The molecule has 0 bridgehead atoms. The van der Waals surface area contributed by atoms with Crippen molar-refractivity contribution in [1.29, 1.82) is 0 Å². The molecule has 0 aliphatic carbocycles. The number of carbonyl (C=O) groups is 1. The highest BCUT2D eigenvalue weighted by Crippen LogP contribution is 2.21. The van der Waals surface area contributed by atoms with Crippen LogP contribution in [0.25, 0.3) is 11.3 Å². The van der Waals surface area contributed by atoms with E-state index in [9.17, 15) is 4.79 Å². The zero-order chi connectivity index (χ0) is 9.97. The van der Waals surface area contributed by atoms with E-state index >= 15 is 0 Å². The Bertz CT molecular complexity index is 460. The molecule has 2 rings (SSSR count). The molecule has 0 fully saturated rings. The van der Waals surface area contributed by atoms with E-state index < -0.39 is 0 Å². The average Bonchev–Trinajstić information content (AvgIpc) is 2.66. The van der Waals surface area contributed by atoms with Gasteiger partial charge in [0, 0.05) is 18.0 Å². The highest BCUT2D eigenvalue weighted by Gasteiger charge is 2.03. The van der Waals surface area contributed by atoms with E-state index in [0.717, 1.165) is 11.1 Å². The topological polar surface area (TPSA) is 43.1 Å². The summed E-state index contributed by atoms with van der Waals surface area (Å²) >= 11 is 0. The number of aldehydes is 1. The van der Waals surface area contributed by atoms with Crippen LogP contribution in [0, 0.1) is 6.92 Å². The minimum atomic E-state index is 0.335. The molecule has 0 radical (unpaired) electrons. The molecule has 0 aliphatic heterocycles. The summed E-state index contributed by atoms with van der Waals surface area (Å²) in [7, 11) is 0. The van der Waals surface area contributed by atoms with Gasteiger partial charge in [0.15, 0.2) is 12.0 Å². The maximum atomic E-state index is 10.4. The number of hydrogen-bond acceptors (Lipinski definition) is 3. The van der Waals surface area contributed by atoms with Crippen LogP contribution >= 0.6 is 0 Å². The molecular weight excluding hydrogens is 178 g/mol. The zero-order valence-corrected chi connectivity index (χ0v) is 7.73. The number of pyridine rings is 1. The summed E-state index contributed by atoms with van der Waals surface area (Å²) in [5.41, 5.74) is 1.95. The SMILES string of the molecule is Cc1cncc(-c2ccc(C=O)o2)c1. The number of aryl methyl sites for hydroxylation is 1. The minimum absolute atomic E-state index is 0.335. The first kappa shape index (κ1) is 8.69. The standard InChI is InChI=1S/C11H9NO2/c1-8-4-9(6-12-5-8)11-3-2-10(7-13)14-11/h2-7H,1H3. The Morgan fingerprint density at radius 1 is 1.36 bits per heavy atom. The van der Waals surface area contributed by atoms with E-state index in [-0.39, 0.29) is 0 Å². The van der Waals surface area contributed by atoms with Crippen molar-refractivity contribution in [3.63, 3.8) is 0 Å². The summed E-state index contributed by atoms with van der Waals surface area (Å²) in [6.45, 7) is 1.96. The second-order valence-electron chi connectivity index (χ2n) is 3.07. The molecule has 0 aromatic carbocycles. The first-order valence-corrected chi connectivity index (χ1v) is 4.26. The maximum Gasteiger partial charge on any atom is 0.185 e. The van der Waals surface area contributed by atoms with Crippen LogP contribution in [-0.4, -0.2) is 11.3 Å². The van der Waals surface area contributed by atoms with Gasteiger partial charge in [-0.15, -0.1) is 0 Å². The van der Waals surface area contributed by atoms with Crippen LogP contribution in [0.3, 0.4) is 0 Å². The van der Waals surface area contributed by atoms with Crippen LogP contribution < -0.4 is 0 Å². The third-order valence-corrected chi connectivity index (χ3v) is 1.90. The van der Waals surface area contributed by atoms with Gasteiger partial charge in [0.1, 0.15) is 5.76 Å². The van der Waals surface area contributed by atoms with Crippen molar-refractivity contribution in [3.05, 3.63) is 41.9 Å². The summed E-state index contributed by atoms with van der Waals surface area (Å²) in [5, 5.41) is 0. The molecule has 0 saturated carbocycles. The molecule has 0 N–H and O–H groups in total. The van der Waals surface area contributed by atoms with Crippen LogP contribution in [0.15, 0.2) is 35.0 Å². The monoisotopic (exact) mass is 187 g/mol. The number of nitrogens with zero attached hydrogens (tertiary/aromatic N) is 1. The third-order valence-electron chi connectivity index (χ3n) is 1.90. The van der Waals surface area contributed by atoms with Crippen molar-refractivity contribution >= 4 is 6.29 Å². The molecule has 0 spiro atoms. The molecule has 0 unspecified atom stereocenters. The molecule has 2 aromatic rings. The van der Waals surface area contributed by atoms with Gasteiger partial charge in [-0.1, -0.05) is 0 Å². The molecule has 3 heteroatoms. The highest BCUT2D eigenvalue weighted by molar-refractivity contribution is 5.72. The van der Waals surface area contributed by atoms with E-state index in [1.165, 1.54) is 0 Å². The Labute approximate surface area is 81.4 Å². The molecule has 2 aromatic heterocycles. The largest absolute Gasteiger partial charge is 0.453 e. The number of furan rings is 1. The van der Waals surface area contributed by atoms with Gasteiger partial charge < -0.3 is 4.42 Å². The van der Waals surface area contributed by atoms with Crippen molar-refractivity contribution < 1.29 is 9.21 Å². The van der Waals surface area contributed by atoms with E-state index in [2.05, 4.69) is 4.98 Å². The molecule has 3 nitrogen and oxygen atoms in total. The Kier molecular flexibility index (Phi) is 2.14. The van der Waals surface area contributed by atoms with Crippen molar-refractivity contribution in [1.82, 2.24) is 4.98 Å². The molecule has 0 amide bonds. The lowest BCUT2D eigenvalue weighted by Crippen LogP contribution is -1.79. The van der Waals surface area contributed by atoms with E-state index in [4.69, 9.17) is 4.42 Å². The molecular formula is C11H9NO2. The highest BCUT2D eigenvalue weighted by atomic mass is 16.3. The molecule has 0 saturated heterocycles. The molecule has 0 aliphatic rings.